The summed E-state index contributed by atoms with van der Waals surface area (Å²) in [5.74, 6) is 0.147. The molecule has 0 aliphatic carbocycles. The van der Waals surface area contributed by atoms with Gasteiger partial charge in [0.05, 0.1) is 4.90 Å². The van der Waals surface area contributed by atoms with Crippen LogP contribution in [-0.2, 0) is 14.8 Å². The van der Waals surface area contributed by atoms with Crippen LogP contribution in [0.4, 0.5) is 0 Å². The highest BCUT2D eigenvalue weighted by atomic mass is 32.2. The van der Waals surface area contributed by atoms with E-state index in [0.717, 1.165) is 16.7 Å². The van der Waals surface area contributed by atoms with E-state index in [4.69, 9.17) is 0 Å². The maximum absolute atomic E-state index is 13.2. The maximum atomic E-state index is 13.2. The molecule has 134 valence electrons. The number of carbonyl (C=O) groups excluding carboxylic acids is 1. The van der Waals surface area contributed by atoms with Crippen molar-refractivity contribution in [3.63, 3.8) is 0 Å². The van der Waals surface area contributed by atoms with E-state index in [0.29, 0.717) is 36.7 Å². The van der Waals surface area contributed by atoms with E-state index >= 15 is 0 Å². The Bertz CT molecular complexity index is 703. The second kappa shape index (κ2) is 7.23. The second-order valence-corrected chi connectivity index (χ2v) is 8.97. The summed E-state index contributed by atoms with van der Waals surface area (Å²) in [6.07, 6.45) is 1.29. The lowest BCUT2D eigenvalue weighted by Gasteiger charge is -2.25. The summed E-state index contributed by atoms with van der Waals surface area (Å²) in [6, 6.07) is 3.15. The normalized spacial score (nSPS) is 19.0. The molecule has 1 aromatic carbocycles. The lowest BCUT2D eigenvalue weighted by atomic mass is 10.1. The third-order valence-electron chi connectivity index (χ3n) is 4.36. The predicted octanol–water partition coefficient (Wildman–Crippen LogP) is 2.54. The van der Waals surface area contributed by atoms with Gasteiger partial charge in [0.2, 0.25) is 15.9 Å². The molecule has 1 aliphatic rings. The molecule has 0 saturated carbocycles. The van der Waals surface area contributed by atoms with Gasteiger partial charge in [0, 0.05) is 13.1 Å². The SMILES string of the molecule is Cc1cc(C)c(S(=O)(=O)N2CCC[C@H]2C(=O)NCC(C)C)c(C)c1. The Morgan fingerprint density at radius 2 is 1.83 bits per heavy atom. The van der Waals surface area contributed by atoms with Gasteiger partial charge in [0.15, 0.2) is 0 Å². The van der Waals surface area contributed by atoms with Crippen LogP contribution in [0.15, 0.2) is 17.0 Å². The molecule has 1 atom stereocenters. The topological polar surface area (TPSA) is 66.5 Å². The summed E-state index contributed by atoms with van der Waals surface area (Å²) in [4.78, 5) is 12.8. The van der Waals surface area contributed by atoms with Gasteiger partial charge in [-0.05, 0) is 50.7 Å². The Labute approximate surface area is 145 Å². The Balaban J connectivity index is 2.33. The van der Waals surface area contributed by atoms with Crippen molar-refractivity contribution in [1.82, 2.24) is 9.62 Å². The molecule has 1 aliphatic heterocycles. The summed E-state index contributed by atoms with van der Waals surface area (Å²) in [5, 5.41) is 2.87. The summed E-state index contributed by atoms with van der Waals surface area (Å²) < 4.78 is 27.8. The molecule has 1 heterocycles. The fourth-order valence-electron chi connectivity index (χ4n) is 3.40. The Morgan fingerprint density at radius 3 is 2.38 bits per heavy atom. The number of nitrogens with one attached hydrogen (secondary N) is 1. The van der Waals surface area contributed by atoms with E-state index < -0.39 is 16.1 Å². The van der Waals surface area contributed by atoms with Crippen LogP contribution in [0.25, 0.3) is 0 Å². The number of hydrogen-bond acceptors (Lipinski definition) is 3. The first-order valence-corrected chi connectivity index (χ1v) is 9.96. The number of carbonyl (C=O) groups is 1. The molecule has 0 radical (unpaired) electrons. The van der Waals surface area contributed by atoms with E-state index in [2.05, 4.69) is 5.32 Å². The third-order valence-corrected chi connectivity index (χ3v) is 6.58. The summed E-state index contributed by atoms with van der Waals surface area (Å²) in [7, 11) is -3.68. The molecule has 6 heteroatoms. The molecule has 2 rings (SSSR count). The van der Waals surface area contributed by atoms with Gasteiger partial charge in [0.1, 0.15) is 6.04 Å². The minimum atomic E-state index is -3.68. The molecule has 0 bridgehead atoms. The maximum Gasteiger partial charge on any atom is 0.244 e. The smallest absolute Gasteiger partial charge is 0.244 e. The number of nitrogens with zero attached hydrogens (tertiary/aromatic N) is 1. The van der Waals surface area contributed by atoms with Crippen LogP contribution >= 0.6 is 0 Å². The van der Waals surface area contributed by atoms with Crippen molar-refractivity contribution >= 4 is 15.9 Å². The van der Waals surface area contributed by atoms with E-state index in [1.807, 2.05) is 46.8 Å². The molecular weight excluding hydrogens is 324 g/mol. The predicted molar refractivity (Wildman–Crippen MR) is 95.4 cm³/mol. The van der Waals surface area contributed by atoms with Crippen LogP contribution in [0.3, 0.4) is 0 Å². The van der Waals surface area contributed by atoms with Crippen LogP contribution < -0.4 is 5.32 Å². The molecule has 0 unspecified atom stereocenters. The molecule has 1 aromatic rings. The molecular formula is C18H28N2O3S. The highest BCUT2D eigenvalue weighted by Crippen LogP contribution is 2.30. The van der Waals surface area contributed by atoms with Crippen molar-refractivity contribution in [3.05, 3.63) is 28.8 Å². The largest absolute Gasteiger partial charge is 0.354 e. The average molecular weight is 353 g/mol. The molecule has 1 fully saturated rings. The van der Waals surface area contributed by atoms with Crippen molar-refractivity contribution in [1.29, 1.82) is 0 Å². The molecule has 0 spiro atoms. The Morgan fingerprint density at radius 1 is 1.25 bits per heavy atom. The molecule has 5 nitrogen and oxygen atoms in total. The van der Waals surface area contributed by atoms with Crippen LogP contribution in [0.5, 0.6) is 0 Å². The first kappa shape index (κ1) is 18.9. The number of amides is 1. The van der Waals surface area contributed by atoms with Crippen LogP contribution in [-0.4, -0.2) is 37.8 Å². The zero-order valence-electron chi connectivity index (χ0n) is 15.2. The van der Waals surface area contributed by atoms with Crippen LogP contribution in [0.1, 0.15) is 43.4 Å². The quantitative estimate of drug-likeness (QED) is 0.885. The van der Waals surface area contributed by atoms with Crippen molar-refractivity contribution in [2.24, 2.45) is 5.92 Å². The van der Waals surface area contributed by atoms with Crippen molar-refractivity contribution in [3.8, 4) is 0 Å². The van der Waals surface area contributed by atoms with Gasteiger partial charge < -0.3 is 5.32 Å². The third kappa shape index (κ3) is 3.81. The lowest BCUT2D eigenvalue weighted by Crippen LogP contribution is -2.46. The fraction of sp³-hybridized carbons (Fsp3) is 0.611. The zero-order chi connectivity index (χ0) is 18.1. The summed E-state index contributed by atoms with van der Waals surface area (Å²) in [6.45, 7) is 10.6. The number of benzene rings is 1. The number of hydrogen-bond donors (Lipinski definition) is 1. The molecule has 1 saturated heterocycles. The Hall–Kier alpha value is -1.40. The van der Waals surface area contributed by atoms with E-state index in [1.165, 1.54) is 4.31 Å². The molecule has 1 N–H and O–H groups in total. The van der Waals surface area contributed by atoms with Crippen LogP contribution in [0.2, 0.25) is 0 Å². The molecule has 0 aromatic heterocycles. The number of sulfonamides is 1. The minimum absolute atomic E-state index is 0.188. The standard InChI is InChI=1S/C18H28N2O3S/c1-12(2)11-19-18(21)16-7-6-8-20(16)24(22,23)17-14(4)9-13(3)10-15(17)5/h9-10,12,16H,6-8,11H2,1-5H3,(H,19,21)/t16-/m0/s1. The molecule has 24 heavy (non-hydrogen) atoms. The molecule has 1 amide bonds. The van der Waals surface area contributed by atoms with E-state index in [-0.39, 0.29) is 5.91 Å². The van der Waals surface area contributed by atoms with Gasteiger partial charge >= 0.3 is 0 Å². The van der Waals surface area contributed by atoms with Gasteiger partial charge in [-0.1, -0.05) is 31.5 Å². The number of rotatable bonds is 5. The first-order chi connectivity index (χ1) is 11.1. The van der Waals surface area contributed by atoms with Gasteiger partial charge in [0.25, 0.3) is 0 Å². The van der Waals surface area contributed by atoms with E-state index in [9.17, 15) is 13.2 Å². The van der Waals surface area contributed by atoms with Gasteiger partial charge in [-0.15, -0.1) is 0 Å². The summed E-state index contributed by atoms with van der Waals surface area (Å²) in [5.41, 5.74) is 2.51. The fourth-order valence-corrected chi connectivity index (χ4v) is 5.48. The van der Waals surface area contributed by atoms with Gasteiger partial charge in [-0.3, -0.25) is 4.79 Å². The second-order valence-electron chi connectivity index (χ2n) is 7.14. The highest BCUT2D eigenvalue weighted by Gasteiger charge is 2.40. The lowest BCUT2D eigenvalue weighted by molar-refractivity contribution is -0.124. The number of aryl methyl sites for hydroxylation is 3. The minimum Gasteiger partial charge on any atom is -0.354 e. The Kier molecular flexibility index (Phi) is 5.71. The summed E-state index contributed by atoms with van der Waals surface area (Å²) >= 11 is 0. The van der Waals surface area contributed by atoms with Crippen molar-refractivity contribution in [2.75, 3.05) is 13.1 Å². The monoisotopic (exact) mass is 352 g/mol. The first-order valence-electron chi connectivity index (χ1n) is 8.52. The van der Waals surface area contributed by atoms with Crippen molar-refractivity contribution in [2.45, 2.75) is 58.4 Å². The van der Waals surface area contributed by atoms with Crippen LogP contribution in [0, 0.1) is 26.7 Å². The van der Waals surface area contributed by atoms with E-state index in [1.54, 1.807) is 0 Å². The van der Waals surface area contributed by atoms with Crippen molar-refractivity contribution < 1.29 is 13.2 Å². The van der Waals surface area contributed by atoms with Gasteiger partial charge in [-0.25, -0.2) is 8.42 Å². The van der Waals surface area contributed by atoms with Gasteiger partial charge in [-0.2, -0.15) is 4.31 Å². The highest BCUT2D eigenvalue weighted by molar-refractivity contribution is 7.89. The zero-order valence-corrected chi connectivity index (χ0v) is 16.0. The average Bonchev–Trinajstić information content (AvgIpc) is 2.93.